The van der Waals surface area contributed by atoms with Crippen LogP contribution in [0.2, 0.25) is 5.02 Å². The number of aromatic nitrogens is 2. The Labute approximate surface area is 246 Å². The third-order valence-electron chi connectivity index (χ3n) is 8.41. The van der Waals surface area contributed by atoms with Gasteiger partial charge in [-0.05, 0) is 72.0 Å². The Hall–Kier alpha value is -3.78. The van der Waals surface area contributed by atoms with Crippen molar-refractivity contribution in [3.63, 3.8) is 0 Å². The van der Waals surface area contributed by atoms with E-state index in [1.807, 2.05) is 54.6 Å². The molecule has 8 heteroatoms. The van der Waals surface area contributed by atoms with Crippen molar-refractivity contribution in [2.24, 2.45) is 0 Å². The number of rotatable bonds is 5. The highest BCUT2D eigenvalue weighted by Crippen LogP contribution is 2.52. The highest BCUT2D eigenvalue weighted by Gasteiger charge is 2.48. The van der Waals surface area contributed by atoms with Crippen molar-refractivity contribution in [2.45, 2.75) is 43.7 Å². The average molecular weight is 582 g/mol. The van der Waals surface area contributed by atoms with Crippen LogP contribution >= 0.6 is 22.9 Å². The summed E-state index contributed by atoms with van der Waals surface area (Å²) in [5, 5.41) is 15.1. The van der Waals surface area contributed by atoms with E-state index in [-0.39, 0.29) is 17.5 Å². The van der Waals surface area contributed by atoms with Gasteiger partial charge in [0.05, 0.1) is 23.2 Å². The summed E-state index contributed by atoms with van der Waals surface area (Å²) in [6, 6.07) is 23.5. The van der Waals surface area contributed by atoms with Gasteiger partial charge in [0.2, 0.25) is 0 Å². The number of H-pyrrole nitrogens is 1. The van der Waals surface area contributed by atoms with Crippen molar-refractivity contribution in [3.8, 4) is 11.1 Å². The predicted molar refractivity (Wildman–Crippen MR) is 162 cm³/mol. The summed E-state index contributed by atoms with van der Waals surface area (Å²) in [5.41, 5.74) is 4.30. The normalized spacial score (nSPS) is 16.7. The van der Waals surface area contributed by atoms with Crippen LogP contribution in [0.1, 0.15) is 53.6 Å². The molecule has 2 aliphatic rings. The van der Waals surface area contributed by atoms with Crippen LogP contribution in [-0.2, 0) is 23.2 Å². The fraction of sp³-hybridized carbons (Fsp3) is 0.242. The first kappa shape index (κ1) is 26.1. The lowest BCUT2D eigenvalue weighted by Crippen LogP contribution is -2.36. The number of aryl methyl sites for hydroxylation is 1. The van der Waals surface area contributed by atoms with Gasteiger partial charge in [0.15, 0.2) is 6.10 Å². The molecule has 0 radical (unpaired) electrons. The molecule has 1 atom stereocenters. The third kappa shape index (κ3) is 4.68. The summed E-state index contributed by atoms with van der Waals surface area (Å²) in [6.45, 7) is 0.558. The maximum absolute atomic E-state index is 13.6. The van der Waals surface area contributed by atoms with Crippen molar-refractivity contribution >= 4 is 38.9 Å². The van der Waals surface area contributed by atoms with Gasteiger partial charge in [0.25, 0.3) is 11.5 Å². The monoisotopic (exact) mass is 581 g/mol. The first-order valence-corrected chi connectivity index (χ1v) is 15.1. The summed E-state index contributed by atoms with van der Waals surface area (Å²) >= 11 is 7.93. The van der Waals surface area contributed by atoms with Crippen LogP contribution in [0.5, 0.6) is 0 Å². The summed E-state index contributed by atoms with van der Waals surface area (Å²) in [4.78, 5) is 36.5. The van der Waals surface area contributed by atoms with Crippen molar-refractivity contribution in [3.05, 3.63) is 122 Å². The van der Waals surface area contributed by atoms with E-state index in [2.05, 4.69) is 22.5 Å². The number of nitrogens with one attached hydrogen (secondary N) is 1. The quantitative estimate of drug-likeness (QED) is 0.252. The number of amides is 1. The molecule has 1 fully saturated rings. The fourth-order valence-corrected chi connectivity index (χ4v) is 7.16. The van der Waals surface area contributed by atoms with Crippen molar-refractivity contribution in [2.75, 3.05) is 6.54 Å². The minimum atomic E-state index is -1.33. The zero-order valence-electron chi connectivity index (χ0n) is 22.3. The van der Waals surface area contributed by atoms with Crippen molar-refractivity contribution in [1.82, 2.24) is 14.9 Å². The van der Waals surface area contributed by atoms with Crippen molar-refractivity contribution < 1.29 is 9.90 Å². The molecular weight excluding hydrogens is 554 g/mol. The van der Waals surface area contributed by atoms with Crippen LogP contribution in [0.3, 0.4) is 0 Å². The molecule has 6 nitrogen and oxygen atoms in total. The minimum absolute atomic E-state index is 0.118. The Morgan fingerprint density at radius 2 is 1.90 bits per heavy atom. The number of carbonyl (C=O) groups excluding carboxylic acids is 1. The van der Waals surface area contributed by atoms with Gasteiger partial charge in [0, 0.05) is 27.2 Å². The second-order valence-electron chi connectivity index (χ2n) is 11.0. The molecule has 3 heterocycles. The third-order valence-corrected chi connectivity index (χ3v) is 9.61. The number of aromatic amines is 1. The standard InChI is InChI=1S/C33H28ClN3O3S/c34-23-9-4-8-22(17-23)33(13-14-33)32-35-27-11-5-15-37(18-25(27)30(39)36-32)31(40)29(38)21-7-3-6-20(16-21)26-19-41-28-12-2-1-10-24(26)28/h1-4,6-10,12,16-17,19,29,38H,5,11,13-15,18H2,(H,35,36,39)/t29-/m1/s1. The second kappa shape index (κ2) is 10.2. The number of hydrogen-bond donors (Lipinski definition) is 2. The van der Waals surface area contributed by atoms with Gasteiger partial charge in [-0.2, -0.15) is 0 Å². The fourth-order valence-electron chi connectivity index (χ4n) is 6.00. The van der Waals surface area contributed by atoms with Crippen LogP contribution in [0.15, 0.2) is 83.0 Å². The number of benzene rings is 3. The molecule has 1 amide bonds. The smallest absolute Gasteiger partial charge is 0.256 e. The van der Waals surface area contributed by atoms with E-state index in [0.717, 1.165) is 40.6 Å². The number of aliphatic hydroxyl groups excluding tert-OH is 1. The number of thiophene rings is 1. The highest BCUT2D eigenvalue weighted by molar-refractivity contribution is 7.17. The number of halogens is 1. The first-order chi connectivity index (χ1) is 19.9. The Balaban J connectivity index is 1.15. The number of aliphatic hydroxyl groups is 1. The van der Waals surface area contributed by atoms with Gasteiger partial charge < -0.3 is 15.0 Å². The topological polar surface area (TPSA) is 86.3 Å². The second-order valence-corrected chi connectivity index (χ2v) is 12.3. The number of nitrogens with zero attached hydrogens (tertiary/aromatic N) is 2. The molecule has 1 saturated carbocycles. The van der Waals surface area contributed by atoms with Crippen LogP contribution < -0.4 is 5.56 Å². The molecule has 0 spiro atoms. The number of hydrogen-bond acceptors (Lipinski definition) is 5. The van der Waals surface area contributed by atoms with E-state index in [1.165, 1.54) is 4.70 Å². The Bertz CT molecular complexity index is 1860. The Morgan fingerprint density at radius 1 is 1.07 bits per heavy atom. The molecule has 0 unspecified atom stereocenters. The molecule has 41 heavy (non-hydrogen) atoms. The van der Waals surface area contributed by atoms with Crippen LogP contribution in [-0.4, -0.2) is 32.4 Å². The van der Waals surface area contributed by atoms with E-state index < -0.39 is 12.0 Å². The average Bonchev–Trinajstić information content (AvgIpc) is 3.74. The van der Waals surface area contributed by atoms with Gasteiger partial charge >= 0.3 is 0 Å². The summed E-state index contributed by atoms with van der Waals surface area (Å²) in [6.07, 6.45) is 1.72. The molecule has 1 aliphatic heterocycles. The summed E-state index contributed by atoms with van der Waals surface area (Å²) in [5.74, 6) is 0.257. The van der Waals surface area contributed by atoms with Crippen LogP contribution in [0, 0.1) is 0 Å². The zero-order chi connectivity index (χ0) is 28.1. The van der Waals surface area contributed by atoms with Gasteiger partial charge in [-0.15, -0.1) is 11.3 Å². The van der Waals surface area contributed by atoms with E-state index >= 15 is 0 Å². The molecule has 0 bridgehead atoms. The molecular formula is C33H28ClN3O3S. The highest BCUT2D eigenvalue weighted by atomic mass is 35.5. The van der Waals surface area contributed by atoms with E-state index in [1.54, 1.807) is 22.3 Å². The molecule has 5 aromatic rings. The minimum Gasteiger partial charge on any atom is -0.378 e. The van der Waals surface area contributed by atoms with E-state index in [9.17, 15) is 14.7 Å². The predicted octanol–water partition coefficient (Wildman–Crippen LogP) is 6.39. The van der Waals surface area contributed by atoms with Gasteiger partial charge in [0.1, 0.15) is 5.82 Å². The molecule has 3 aromatic carbocycles. The maximum Gasteiger partial charge on any atom is 0.256 e. The lowest BCUT2D eigenvalue weighted by molar-refractivity contribution is -0.141. The summed E-state index contributed by atoms with van der Waals surface area (Å²) in [7, 11) is 0. The number of carbonyl (C=O) groups is 1. The molecule has 2 aromatic heterocycles. The SMILES string of the molecule is O=C([C@H](O)c1cccc(-c2csc3ccccc23)c1)N1CCCc2nc(C3(c4cccc(Cl)c4)CC3)[nH]c(=O)c2C1. The van der Waals surface area contributed by atoms with Crippen LogP contribution in [0.4, 0.5) is 0 Å². The van der Waals surface area contributed by atoms with Gasteiger partial charge in [-0.3, -0.25) is 9.59 Å². The Morgan fingerprint density at radius 3 is 2.73 bits per heavy atom. The van der Waals surface area contributed by atoms with Crippen LogP contribution in [0.25, 0.3) is 21.2 Å². The molecule has 7 rings (SSSR count). The maximum atomic E-state index is 13.6. The Kier molecular flexibility index (Phi) is 6.53. The molecule has 1 aliphatic carbocycles. The molecule has 206 valence electrons. The summed E-state index contributed by atoms with van der Waals surface area (Å²) < 4.78 is 1.19. The van der Waals surface area contributed by atoms with E-state index in [0.29, 0.717) is 41.4 Å². The first-order valence-electron chi connectivity index (χ1n) is 13.8. The lowest BCUT2D eigenvalue weighted by atomic mass is 9.94. The molecule has 2 N–H and O–H groups in total. The lowest BCUT2D eigenvalue weighted by Gasteiger charge is -2.24. The largest absolute Gasteiger partial charge is 0.378 e. The molecule has 0 saturated heterocycles. The van der Waals surface area contributed by atoms with Crippen molar-refractivity contribution in [1.29, 1.82) is 0 Å². The zero-order valence-corrected chi connectivity index (χ0v) is 23.8. The van der Waals surface area contributed by atoms with Gasteiger partial charge in [-0.1, -0.05) is 60.1 Å². The number of fused-ring (bicyclic) bond motifs is 2. The van der Waals surface area contributed by atoms with E-state index in [4.69, 9.17) is 16.6 Å². The van der Waals surface area contributed by atoms with Gasteiger partial charge in [-0.25, -0.2) is 4.98 Å².